The molecule has 0 aliphatic carbocycles. The Morgan fingerprint density at radius 1 is 1.24 bits per heavy atom. The lowest BCUT2D eigenvalue weighted by Gasteiger charge is -2.12. The summed E-state index contributed by atoms with van der Waals surface area (Å²) < 4.78 is 0. The largest absolute Gasteiger partial charge is 0.396 e. The van der Waals surface area contributed by atoms with Crippen LogP contribution in [0, 0.1) is 0 Å². The minimum atomic E-state index is -0.0110. The summed E-state index contributed by atoms with van der Waals surface area (Å²) in [6, 6.07) is 9.78. The van der Waals surface area contributed by atoms with E-state index < -0.39 is 0 Å². The number of rotatable bonds is 7. The van der Waals surface area contributed by atoms with Crippen LogP contribution in [0.3, 0.4) is 0 Å². The number of hydrogen-bond donors (Lipinski definition) is 2. The molecule has 0 aliphatic rings. The number of benzene rings is 1. The second-order valence-corrected chi connectivity index (χ2v) is 4.37. The van der Waals surface area contributed by atoms with Crippen molar-refractivity contribution in [3.05, 3.63) is 72.0 Å². The van der Waals surface area contributed by atoms with Crippen LogP contribution in [-0.4, -0.2) is 17.0 Å². The summed E-state index contributed by atoms with van der Waals surface area (Å²) in [5.41, 5.74) is 1.93. The molecule has 0 radical (unpaired) electrons. The van der Waals surface area contributed by atoms with Gasteiger partial charge in [0.05, 0.1) is 0 Å². The molecule has 0 amide bonds. The molecule has 0 aromatic heterocycles. The maximum atomic E-state index is 9.14. The van der Waals surface area contributed by atoms with Crippen molar-refractivity contribution < 1.29 is 15.3 Å². The predicted molar refractivity (Wildman–Crippen MR) is 88.0 cm³/mol. The van der Waals surface area contributed by atoms with Gasteiger partial charge in [-0.3, -0.25) is 0 Å². The van der Waals surface area contributed by atoms with Crippen LogP contribution in [0.2, 0.25) is 0 Å². The first kappa shape index (κ1) is 19.2. The Labute approximate surface area is 127 Å². The summed E-state index contributed by atoms with van der Waals surface area (Å²) in [6.07, 6.45) is 5.75. The average Bonchev–Trinajstić information content (AvgIpc) is 2.53. The normalized spacial score (nSPS) is 12.5. The Morgan fingerprint density at radius 2 is 1.86 bits per heavy atom. The van der Waals surface area contributed by atoms with Crippen LogP contribution in [-0.2, 0) is 4.89 Å². The third-order valence-corrected chi connectivity index (χ3v) is 2.67. The van der Waals surface area contributed by atoms with Crippen LogP contribution in [0.15, 0.2) is 66.5 Å². The van der Waals surface area contributed by atoms with E-state index in [2.05, 4.69) is 11.5 Å². The van der Waals surface area contributed by atoms with Crippen molar-refractivity contribution in [1.29, 1.82) is 0 Å². The first-order valence-electron chi connectivity index (χ1n) is 7.20. The van der Waals surface area contributed by atoms with E-state index >= 15 is 0 Å². The molecule has 116 valence electrons. The van der Waals surface area contributed by atoms with E-state index in [-0.39, 0.29) is 12.5 Å². The van der Waals surface area contributed by atoms with Gasteiger partial charge in [-0.1, -0.05) is 62.4 Å². The molecule has 0 aliphatic heterocycles. The monoisotopic (exact) mass is 290 g/mol. The minimum Gasteiger partial charge on any atom is -0.396 e. The Morgan fingerprint density at radius 3 is 2.33 bits per heavy atom. The molecule has 1 unspecified atom stereocenters. The van der Waals surface area contributed by atoms with E-state index in [1.807, 2.05) is 51.1 Å². The molecule has 0 bridgehead atoms. The van der Waals surface area contributed by atoms with Gasteiger partial charge in [-0.15, -0.1) is 0 Å². The first-order chi connectivity index (χ1) is 10.2. The van der Waals surface area contributed by atoms with Crippen LogP contribution in [0.1, 0.15) is 38.7 Å². The predicted octanol–water partition coefficient (Wildman–Crippen LogP) is 4.68. The van der Waals surface area contributed by atoms with E-state index in [0.29, 0.717) is 12.2 Å². The molecule has 3 heteroatoms. The van der Waals surface area contributed by atoms with Gasteiger partial charge in [0.2, 0.25) is 0 Å². The van der Waals surface area contributed by atoms with E-state index in [4.69, 9.17) is 10.4 Å². The van der Waals surface area contributed by atoms with Gasteiger partial charge in [-0.05, 0) is 31.1 Å². The minimum absolute atomic E-state index is 0.0110. The Hall–Kier alpha value is -1.84. The van der Waals surface area contributed by atoms with Gasteiger partial charge in [-0.25, -0.2) is 5.26 Å². The summed E-state index contributed by atoms with van der Waals surface area (Å²) in [5.74, 6) is 0.327. The zero-order valence-corrected chi connectivity index (χ0v) is 13.1. The van der Waals surface area contributed by atoms with Crippen LogP contribution in [0.5, 0.6) is 0 Å². The van der Waals surface area contributed by atoms with Gasteiger partial charge in [-0.2, -0.15) is 0 Å². The molecule has 2 N–H and O–H groups in total. The maximum Gasteiger partial charge on any atom is 0.161 e. The molecule has 1 rings (SSSR count). The molecule has 0 saturated carbocycles. The number of hydrogen-bond acceptors (Lipinski definition) is 3. The third kappa shape index (κ3) is 8.12. The Kier molecular flexibility index (Phi) is 10.9. The zero-order chi connectivity index (χ0) is 16.1. The first-order valence-corrected chi connectivity index (χ1v) is 7.20. The Bertz CT molecular complexity index is 447. The van der Waals surface area contributed by atoms with E-state index in [0.717, 1.165) is 11.1 Å². The van der Waals surface area contributed by atoms with Gasteiger partial charge < -0.3 is 9.99 Å². The highest BCUT2D eigenvalue weighted by Crippen LogP contribution is 2.23. The van der Waals surface area contributed by atoms with Gasteiger partial charge >= 0.3 is 0 Å². The SMILES string of the molecule is C=C(C)/C=C\C(=C\C(CCO)c1ccccc1)OO.CC. The molecular weight excluding hydrogens is 264 g/mol. The standard InChI is InChI=1S/C16H20O3.C2H6/c1-13(2)8-9-16(19-18)12-15(10-11-17)14-6-4-3-5-7-14;1-2/h3-9,12,15,17-18H,1,10-11H2,2H3;1-2H3/b9-8-,16-12-;. The number of aliphatic hydroxyl groups is 1. The average molecular weight is 290 g/mol. The van der Waals surface area contributed by atoms with Crippen molar-refractivity contribution in [3.8, 4) is 0 Å². The zero-order valence-electron chi connectivity index (χ0n) is 13.1. The summed E-state index contributed by atoms with van der Waals surface area (Å²) >= 11 is 0. The van der Waals surface area contributed by atoms with Crippen LogP contribution in [0.25, 0.3) is 0 Å². The lowest BCUT2D eigenvalue weighted by molar-refractivity contribution is -0.198. The summed E-state index contributed by atoms with van der Waals surface area (Å²) in [4.78, 5) is 4.35. The highest BCUT2D eigenvalue weighted by molar-refractivity contribution is 5.28. The maximum absolute atomic E-state index is 9.14. The van der Waals surface area contributed by atoms with Crippen LogP contribution in [0.4, 0.5) is 0 Å². The third-order valence-electron chi connectivity index (χ3n) is 2.67. The van der Waals surface area contributed by atoms with Crippen molar-refractivity contribution >= 4 is 0 Å². The molecule has 21 heavy (non-hydrogen) atoms. The summed E-state index contributed by atoms with van der Waals surface area (Å²) in [6.45, 7) is 9.67. The molecule has 0 saturated heterocycles. The van der Waals surface area contributed by atoms with Crippen molar-refractivity contribution in [2.75, 3.05) is 6.61 Å². The van der Waals surface area contributed by atoms with Crippen molar-refractivity contribution in [2.24, 2.45) is 0 Å². The topological polar surface area (TPSA) is 49.7 Å². The van der Waals surface area contributed by atoms with Crippen LogP contribution >= 0.6 is 0 Å². The lowest BCUT2D eigenvalue weighted by atomic mass is 9.95. The molecular formula is C18H26O3. The molecule has 0 spiro atoms. The Balaban J connectivity index is 0.00000191. The highest BCUT2D eigenvalue weighted by atomic mass is 17.1. The highest BCUT2D eigenvalue weighted by Gasteiger charge is 2.09. The van der Waals surface area contributed by atoms with Crippen molar-refractivity contribution in [3.63, 3.8) is 0 Å². The van der Waals surface area contributed by atoms with Gasteiger partial charge in [0.25, 0.3) is 0 Å². The quantitative estimate of drug-likeness (QED) is 0.331. The molecule has 1 aromatic rings. The van der Waals surface area contributed by atoms with E-state index in [1.54, 1.807) is 18.2 Å². The molecule has 0 heterocycles. The second kappa shape index (κ2) is 11.9. The molecule has 3 nitrogen and oxygen atoms in total. The molecule has 0 fully saturated rings. The van der Waals surface area contributed by atoms with Gasteiger partial charge in [0.15, 0.2) is 5.76 Å². The van der Waals surface area contributed by atoms with Gasteiger partial charge in [0, 0.05) is 12.5 Å². The number of aliphatic hydroxyl groups excluding tert-OH is 1. The molecule has 1 atom stereocenters. The fraction of sp³-hybridized carbons (Fsp3) is 0.333. The lowest BCUT2D eigenvalue weighted by Crippen LogP contribution is -2.00. The summed E-state index contributed by atoms with van der Waals surface area (Å²) in [5, 5.41) is 18.0. The number of allylic oxidation sites excluding steroid dienone is 4. The van der Waals surface area contributed by atoms with Crippen molar-refractivity contribution in [1.82, 2.24) is 0 Å². The summed E-state index contributed by atoms with van der Waals surface area (Å²) in [7, 11) is 0. The second-order valence-electron chi connectivity index (χ2n) is 4.37. The fourth-order valence-corrected chi connectivity index (χ4v) is 1.72. The van der Waals surface area contributed by atoms with Crippen molar-refractivity contribution in [2.45, 2.75) is 33.1 Å². The molecule has 1 aromatic carbocycles. The fourth-order valence-electron chi connectivity index (χ4n) is 1.72. The van der Waals surface area contributed by atoms with E-state index in [1.165, 1.54) is 0 Å². The van der Waals surface area contributed by atoms with Crippen LogP contribution < -0.4 is 0 Å². The van der Waals surface area contributed by atoms with Gasteiger partial charge in [0.1, 0.15) is 0 Å². The smallest absolute Gasteiger partial charge is 0.161 e. The van der Waals surface area contributed by atoms with E-state index in [9.17, 15) is 0 Å².